The van der Waals surface area contributed by atoms with Crippen LogP contribution < -0.4 is 0 Å². The van der Waals surface area contributed by atoms with Gasteiger partial charge in [-0.2, -0.15) is 10.1 Å². The van der Waals surface area contributed by atoms with Crippen LogP contribution in [0.2, 0.25) is 0 Å². The first-order chi connectivity index (χ1) is 12.0. The molecule has 3 rings (SSSR count). The second-order valence-electron chi connectivity index (χ2n) is 5.94. The molecule has 0 saturated carbocycles. The summed E-state index contributed by atoms with van der Waals surface area (Å²) in [6.07, 6.45) is 0.241. The van der Waals surface area contributed by atoms with Crippen LogP contribution in [0.25, 0.3) is 11.5 Å². The summed E-state index contributed by atoms with van der Waals surface area (Å²) in [5, 5.41) is 8.15. The van der Waals surface area contributed by atoms with Gasteiger partial charge in [0, 0.05) is 11.3 Å². The zero-order valence-electron chi connectivity index (χ0n) is 14.5. The van der Waals surface area contributed by atoms with Crippen molar-refractivity contribution >= 4 is 5.97 Å². The summed E-state index contributed by atoms with van der Waals surface area (Å²) in [6, 6.07) is 9.73. The molecule has 0 amide bonds. The Balaban J connectivity index is 1.51. The fourth-order valence-electron chi connectivity index (χ4n) is 2.44. The normalized spacial score (nSPS) is 10.8. The molecule has 0 bridgehead atoms. The maximum atomic E-state index is 11.9. The molecule has 25 heavy (non-hydrogen) atoms. The molecule has 0 spiro atoms. The Labute approximate surface area is 145 Å². The molecule has 2 heterocycles. The molecule has 0 unspecified atom stereocenters. The topological polar surface area (TPSA) is 83.0 Å². The first-order valence-electron chi connectivity index (χ1n) is 8.07. The summed E-state index contributed by atoms with van der Waals surface area (Å²) in [5.74, 6) is 0.429. The minimum Gasteiger partial charge on any atom is -0.457 e. The molecule has 1 aromatic carbocycles. The summed E-state index contributed by atoms with van der Waals surface area (Å²) in [6.45, 7) is 6.36. The molecule has 0 aliphatic carbocycles. The predicted octanol–water partition coefficient (Wildman–Crippen LogP) is 2.99. The van der Waals surface area contributed by atoms with Gasteiger partial charge < -0.3 is 9.26 Å². The SMILES string of the molecule is Cc1ccc(-c2nc(COC(=O)CCn3nc(C)cc3C)no2)cc1. The van der Waals surface area contributed by atoms with Gasteiger partial charge in [0.2, 0.25) is 5.82 Å². The molecule has 0 fully saturated rings. The molecule has 0 saturated heterocycles. The quantitative estimate of drug-likeness (QED) is 0.642. The zero-order valence-corrected chi connectivity index (χ0v) is 14.5. The van der Waals surface area contributed by atoms with E-state index in [0.29, 0.717) is 18.3 Å². The van der Waals surface area contributed by atoms with Gasteiger partial charge in [-0.25, -0.2) is 0 Å². The molecule has 0 aliphatic heterocycles. The lowest BCUT2D eigenvalue weighted by Gasteiger charge is -2.04. The van der Waals surface area contributed by atoms with E-state index in [1.165, 1.54) is 0 Å². The highest BCUT2D eigenvalue weighted by atomic mass is 16.5. The number of nitrogens with zero attached hydrogens (tertiary/aromatic N) is 4. The number of esters is 1. The smallest absolute Gasteiger partial charge is 0.308 e. The van der Waals surface area contributed by atoms with Crippen molar-refractivity contribution in [3.05, 3.63) is 53.1 Å². The minimum absolute atomic E-state index is 0.00862. The minimum atomic E-state index is -0.325. The van der Waals surface area contributed by atoms with Crippen LogP contribution in [0.15, 0.2) is 34.9 Å². The van der Waals surface area contributed by atoms with Crippen LogP contribution in [-0.4, -0.2) is 25.9 Å². The Morgan fingerprint density at radius 1 is 1.20 bits per heavy atom. The molecule has 0 N–H and O–H groups in total. The molecule has 7 heteroatoms. The highest BCUT2D eigenvalue weighted by Crippen LogP contribution is 2.17. The lowest BCUT2D eigenvalue weighted by molar-refractivity contribution is -0.145. The van der Waals surface area contributed by atoms with Crippen LogP contribution >= 0.6 is 0 Å². The van der Waals surface area contributed by atoms with Gasteiger partial charge in [-0.05, 0) is 39.0 Å². The van der Waals surface area contributed by atoms with Crippen molar-refractivity contribution < 1.29 is 14.1 Å². The molecule has 0 radical (unpaired) electrons. The number of hydrogen-bond acceptors (Lipinski definition) is 6. The van der Waals surface area contributed by atoms with Gasteiger partial charge in [0.05, 0.1) is 18.7 Å². The highest BCUT2D eigenvalue weighted by Gasteiger charge is 2.12. The maximum Gasteiger partial charge on any atom is 0.308 e. The second-order valence-corrected chi connectivity index (χ2v) is 5.94. The Kier molecular flexibility index (Phi) is 4.92. The molecular weight excluding hydrogens is 320 g/mol. The Hall–Kier alpha value is -2.96. The third-order valence-electron chi connectivity index (χ3n) is 3.76. The van der Waals surface area contributed by atoms with E-state index in [9.17, 15) is 4.79 Å². The first-order valence-corrected chi connectivity index (χ1v) is 8.07. The number of rotatable bonds is 6. The van der Waals surface area contributed by atoms with E-state index < -0.39 is 0 Å². The zero-order chi connectivity index (χ0) is 17.8. The van der Waals surface area contributed by atoms with Crippen molar-refractivity contribution in [1.29, 1.82) is 0 Å². The summed E-state index contributed by atoms with van der Waals surface area (Å²) < 4.78 is 12.2. The van der Waals surface area contributed by atoms with Crippen molar-refractivity contribution in [3.8, 4) is 11.5 Å². The van der Waals surface area contributed by atoms with Crippen molar-refractivity contribution in [1.82, 2.24) is 19.9 Å². The maximum absolute atomic E-state index is 11.9. The van der Waals surface area contributed by atoms with Crippen LogP contribution in [0.4, 0.5) is 0 Å². The number of aromatic nitrogens is 4. The number of carbonyl (C=O) groups excluding carboxylic acids is 1. The highest BCUT2D eigenvalue weighted by molar-refractivity contribution is 5.69. The molecule has 0 aliphatic rings. The van der Waals surface area contributed by atoms with Crippen molar-refractivity contribution in [2.24, 2.45) is 0 Å². The van der Waals surface area contributed by atoms with E-state index in [1.54, 1.807) is 4.68 Å². The summed E-state index contributed by atoms with van der Waals surface area (Å²) in [7, 11) is 0. The van der Waals surface area contributed by atoms with Crippen molar-refractivity contribution in [2.75, 3.05) is 0 Å². The Morgan fingerprint density at radius 2 is 1.96 bits per heavy atom. The average molecular weight is 340 g/mol. The van der Waals surface area contributed by atoms with Crippen LogP contribution in [-0.2, 0) is 22.7 Å². The number of aryl methyl sites for hydroxylation is 4. The standard InChI is InChI=1S/C18H20N4O3/c1-12-4-6-15(7-5-12)18-19-16(21-25-18)11-24-17(23)8-9-22-14(3)10-13(2)20-22/h4-7,10H,8-9,11H2,1-3H3. The van der Waals surface area contributed by atoms with Crippen LogP contribution in [0.3, 0.4) is 0 Å². The predicted molar refractivity (Wildman–Crippen MR) is 90.6 cm³/mol. The van der Waals surface area contributed by atoms with E-state index in [1.807, 2.05) is 51.1 Å². The largest absolute Gasteiger partial charge is 0.457 e. The fraction of sp³-hybridized carbons (Fsp3) is 0.333. The van der Waals surface area contributed by atoms with Crippen molar-refractivity contribution in [2.45, 2.75) is 40.3 Å². The number of benzene rings is 1. The first kappa shape index (κ1) is 16.9. The Morgan fingerprint density at radius 3 is 2.64 bits per heavy atom. The van der Waals surface area contributed by atoms with E-state index in [2.05, 4.69) is 15.2 Å². The average Bonchev–Trinajstić information content (AvgIpc) is 3.18. The number of hydrogen-bond donors (Lipinski definition) is 0. The third-order valence-corrected chi connectivity index (χ3v) is 3.76. The van der Waals surface area contributed by atoms with E-state index in [4.69, 9.17) is 9.26 Å². The fourth-order valence-corrected chi connectivity index (χ4v) is 2.44. The molecule has 3 aromatic rings. The van der Waals surface area contributed by atoms with Crippen LogP contribution in [0.1, 0.15) is 29.2 Å². The van der Waals surface area contributed by atoms with Crippen LogP contribution in [0.5, 0.6) is 0 Å². The van der Waals surface area contributed by atoms with Gasteiger partial charge in [0.1, 0.15) is 0 Å². The summed E-state index contributed by atoms with van der Waals surface area (Å²) in [4.78, 5) is 16.1. The van der Waals surface area contributed by atoms with Crippen molar-refractivity contribution in [3.63, 3.8) is 0 Å². The van der Waals surface area contributed by atoms with Gasteiger partial charge in [-0.15, -0.1) is 0 Å². The Bertz CT molecular complexity index is 865. The van der Waals surface area contributed by atoms with E-state index >= 15 is 0 Å². The lowest BCUT2D eigenvalue weighted by Crippen LogP contribution is -2.11. The third kappa shape index (κ3) is 4.32. The lowest BCUT2D eigenvalue weighted by atomic mass is 10.1. The van der Waals surface area contributed by atoms with Gasteiger partial charge in [0.15, 0.2) is 6.61 Å². The van der Waals surface area contributed by atoms with Gasteiger partial charge >= 0.3 is 5.97 Å². The molecule has 2 aromatic heterocycles. The number of ether oxygens (including phenoxy) is 1. The monoisotopic (exact) mass is 340 g/mol. The molecule has 0 atom stereocenters. The van der Waals surface area contributed by atoms with Gasteiger partial charge in [-0.1, -0.05) is 22.9 Å². The molecule has 7 nitrogen and oxygen atoms in total. The number of carbonyl (C=O) groups is 1. The van der Waals surface area contributed by atoms with E-state index in [-0.39, 0.29) is 19.0 Å². The van der Waals surface area contributed by atoms with Gasteiger partial charge in [-0.3, -0.25) is 9.48 Å². The summed E-state index contributed by atoms with van der Waals surface area (Å²) in [5.41, 5.74) is 3.94. The van der Waals surface area contributed by atoms with Gasteiger partial charge in [0.25, 0.3) is 5.89 Å². The molecule has 130 valence electrons. The second kappa shape index (κ2) is 7.29. The molecular formula is C18H20N4O3. The van der Waals surface area contributed by atoms with Crippen LogP contribution in [0, 0.1) is 20.8 Å². The van der Waals surface area contributed by atoms with E-state index in [0.717, 1.165) is 22.5 Å². The summed E-state index contributed by atoms with van der Waals surface area (Å²) >= 11 is 0.